The largest absolute Gasteiger partial charge is 0.491 e. The van der Waals surface area contributed by atoms with E-state index in [0.717, 1.165) is 11.1 Å². The number of benzene rings is 4. The number of hydrogen-bond acceptors (Lipinski definition) is 6. The summed E-state index contributed by atoms with van der Waals surface area (Å²) in [6.07, 6.45) is -0.285. The van der Waals surface area contributed by atoms with Crippen molar-refractivity contribution in [3.8, 4) is 5.75 Å². The maximum Gasteiger partial charge on any atom is 0.206 e. The third kappa shape index (κ3) is 7.52. The molecule has 0 saturated heterocycles. The number of aliphatic hydroxyl groups excluding tert-OH is 2. The number of hydrogen-bond donors (Lipinski definition) is 2. The molecule has 198 valence electrons. The van der Waals surface area contributed by atoms with Crippen LogP contribution >= 0.6 is 0 Å². The van der Waals surface area contributed by atoms with Crippen LogP contribution in [0.2, 0.25) is 0 Å². The van der Waals surface area contributed by atoms with Crippen molar-refractivity contribution in [2.45, 2.75) is 34.9 Å². The van der Waals surface area contributed by atoms with Gasteiger partial charge in [0.2, 0.25) is 9.84 Å². The molecule has 6 nitrogen and oxygen atoms in total. The van der Waals surface area contributed by atoms with Gasteiger partial charge >= 0.3 is 0 Å². The van der Waals surface area contributed by atoms with Gasteiger partial charge in [-0.1, -0.05) is 78.9 Å². The lowest BCUT2D eigenvalue weighted by atomic mass is 10.0. The van der Waals surface area contributed by atoms with Crippen molar-refractivity contribution in [1.82, 2.24) is 4.90 Å². The van der Waals surface area contributed by atoms with Crippen LogP contribution in [-0.2, 0) is 22.8 Å². The minimum atomic E-state index is -3.60. The van der Waals surface area contributed by atoms with Crippen molar-refractivity contribution in [2.75, 3.05) is 19.8 Å². The smallest absolute Gasteiger partial charge is 0.206 e. The van der Waals surface area contributed by atoms with Crippen LogP contribution in [0.4, 0.5) is 0 Å². The van der Waals surface area contributed by atoms with Crippen molar-refractivity contribution in [1.29, 1.82) is 0 Å². The second kappa shape index (κ2) is 13.3. The number of ether oxygens (including phenoxy) is 1. The molecule has 0 heterocycles. The summed E-state index contributed by atoms with van der Waals surface area (Å²) in [5.41, 5.74) is 1.95. The first-order valence-corrected chi connectivity index (χ1v) is 14.1. The Balaban J connectivity index is 1.47. The SMILES string of the molecule is O=S(=O)(c1ccccc1)c1ccc(C[C@@H](CO)N(Cc2ccccc2)C[C@H](O)COc2ccccc2)cc1. The Bertz CT molecular complexity index is 1350. The molecule has 4 aromatic carbocycles. The molecule has 2 N–H and O–H groups in total. The molecule has 0 fully saturated rings. The van der Waals surface area contributed by atoms with Crippen molar-refractivity contribution in [3.63, 3.8) is 0 Å². The number of aliphatic hydroxyl groups is 2. The summed E-state index contributed by atoms with van der Waals surface area (Å²) in [4.78, 5) is 2.52. The second-order valence-corrected chi connectivity index (χ2v) is 11.1. The lowest BCUT2D eigenvalue weighted by molar-refractivity contribution is 0.0335. The molecule has 0 aliphatic rings. The normalized spacial score (nSPS) is 13.2. The highest BCUT2D eigenvalue weighted by molar-refractivity contribution is 7.91. The number of nitrogens with zero attached hydrogens (tertiary/aromatic N) is 1. The van der Waals surface area contributed by atoms with Gasteiger partial charge in [-0.05, 0) is 53.9 Å². The maximum absolute atomic E-state index is 12.9. The van der Waals surface area contributed by atoms with Crippen molar-refractivity contribution in [3.05, 3.63) is 126 Å². The van der Waals surface area contributed by atoms with Gasteiger partial charge in [-0.3, -0.25) is 4.90 Å². The van der Waals surface area contributed by atoms with Gasteiger partial charge in [-0.2, -0.15) is 0 Å². The van der Waals surface area contributed by atoms with Crippen LogP contribution in [0.15, 0.2) is 125 Å². The molecule has 0 bridgehead atoms. The molecule has 0 amide bonds. The fourth-order valence-electron chi connectivity index (χ4n) is 4.31. The Labute approximate surface area is 224 Å². The lowest BCUT2D eigenvalue weighted by Crippen LogP contribution is -2.44. The minimum absolute atomic E-state index is 0.122. The molecule has 38 heavy (non-hydrogen) atoms. The van der Waals surface area contributed by atoms with Gasteiger partial charge in [0.1, 0.15) is 18.5 Å². The molecule has 7 heteroatoms. The first kappa shape index (κ1) is 27.5. The van der Waals surface area contributed by atoms with Crippen LogP contribution in [0.5, 0.6) is 5.75 Å². The average Bonchev–Trinajstić information content (AvgIpc) is 2.96. The van der Waals surface area contributed by atoms with E-state index in [1.807, 2.05) is 65.6 Å². The van der Waals surface area contributed by atoms with Gasteiger partial charge in [0.05, 0.1) is 16.4 Å². The number of rotatable bonds is 13. The predicted molar refractivity (Wildman–Crippen MR) is 148 cm³/mol. The van der Waals surface area contributed by atoms with Gasteiger partial charge in [0.25, 0.3) is 0 Å². The van der Waals surface area contributed by atoms with Crippen molar-refractivity contribution in [2.24, 2.45) is 0 Å². The molecule has 0 aliphatic heterocycles. The number of para-hydroxylation sites is 1. The van der Waals surface area contributed by atoms with Crippen LogP contribution in [0.3, 0.4) is 0 Å². The third-order valence-corrected chi connectivity index (χ3v) is 8.13. The summed E-state index contributed by atoms with van der Waals surface area (Å²) in [6, 6.07) is 34.1. The third-order valence-electron chi connectivity index (χ3n) is 6.34. The van der Waals surface area contributed by atoms with E-state index < -0.39 is 15.9 Å². The quantitative estimate of drug-likeness (QED) is 0.267. The zero-order valence-corrected chi connectivity index (χ0v) is 22.0. The fourth-order valence-corrected chi connectivity index (χ4v) is 5.60. The summed E-state index contributed by atoms with van der Waals surface area (Å²) in [5.74, 6) is 0.686. The first-order chi connectivity index (χ1) is 18.5. The standard InChI is InChI=1S/C31H33NO5S/c33-23-27(20-25-16-18-31(19-17-25)38(35,36)30-14-8-3-9-15-30)32(21-26-10-4-1-5-11-26)22-28(34)24-37-29-12-6-2-7-13-29/h1-19,27-28,33-34H,20-24H2/t27-,28-/m0/s1. The van der Waals surface area contributed by atoms with Gasteiger partial charge in [0, 0.05) is 19.1 Å². The van der Waals surface area contributed by atoms with E-state index in [2.05, 4.69) is 0 Å². The fraction of sp³-hybridized carbons (Fsp3) is 0.226. The summed E-state index contributed by atoms with van der Waals surface area (Å²) in [6.45, 7) is 0.838. The molecule has 0 unspecified atom stereocenters. The van der Waals surface area contributed by atoms with E-state index in [0.29, 0.717) is 25.3 Å². The van der Waals surface area contributed by atoms with E-state index in [1.165, 1.54) is 0 Å². The molecular formula is C31H33NO5S. The summed E-state index contributed by atoms with van der Waals surface area (Å²) >= 11 is 0. The maximum atomic E-state index is 12.9. The summed E-state index contributed by atoms with van der Waals surface area (Å²) in [7, 11) is -3.60. The molecule has 0 radical (unpaired) electrons. The molecule has 4 aromatic rings. The van der Waals surface area contributed by atoms with E-state index in [4.69, 9.17) is 4.74 Å². The zero-order valence-electron chi connectivity index (χ0n) is 21.1. The molecule has 0 aromatic heterocycles. The highest BCUT2D eigenvalue weighted by Gasteiger charge is 2.23. The summed E-state index contributed by atoms with van der Waals surface area (Å²) in [5, 5.41) is 21.1. The summed E-state index contributed by atoms with van der Waals surface area (Å²) < 4.78 is 31.6. The van der Waals surface area contributed by atoms with Gasteiger partial charge in [0.15, 0.2) is 0 Å². The molecule has 0 aliphatic carbocycles. The monoisotopic (exact) mass is 531 g/mol. The minimum Gasteiger partial charge on any atom is -0.491 e. The van der Waals surface area contributed by atoms with Crippen LogP contribution < -0.4 is 4.74 Å². The van der Waals surface area contributed by atoms with E-state index in [-0.39, 0.29) is 29.0 Å². The van der Waals surface area contributed by atoms with Crippen LogP contribution in [-0.4, -0.2) is 55.4 Å². The van der Waals surface area contributed by atoms with Crippen LogP contribution in [0.1, 0.15) is 11.1 Å². The van der Waals surface area contributed by atoms with Crippen molar-refractivity contribution >= 4 is 9.84 Å². The Kier molecular flexibility index (Phi) is 9.67. The second-order valence-electron chi connectivity index (χ2n) is 9.19. The van der Waals surface area contributed by atoms with E-state index in [9.17, 15) is 18.6 Å². The topological polar surface area (TPSA) is 87.1 Å². The molecule has 2 atom stereocenters. The van der Waals surface area contributed by atoms with Crippen LogP contribution in [0.25, 0.3) is 0 Å². The van der Waals surface area contributed by atoms with Gasteiger partial charge in [-0.15, -0.1) is 0 Å². The first-order valence-electron chi connectivity index (χ1n) is 12.6. The molecule has 0 saturated carbocycles. The average molecular weight is 532 g/mol. The zero-order chi connectivity index (χ0) is 26.8. The van der Waals surface area contributed by atoms with E-state index in [1.54, 1.807) is 54.6 Å². The molecule has 4 rings (SSSR count). The Hall–Kier alpha value is -3.49. The van der Waals surface area contributed by atoms with Gasteiger partial charge in [-0.25, -0.2) is 8.42 Å². The Morgan fingerprint density at radius 1 is 0.711 bits per heavy atom. The predicted octanol–water partition coefficient (Wildman–Crippen LogP) is 4.36. The van der Waals surface area contributed by atoms with Crippen LogP contribution in [0, 0.1) is 0 Å². The lowest BCUT2D eigenvalue weighted by Gasteiger charge is -2.32. The van der Waals surface area contributed by atoms with Gasteiger partial charge < -0.3 is 14.9 Å². The highest BCUT2D eigenvalue weighted by atomic mass is 32.2. The number of sulfone groups is 1. The molecule has 0 spiro atoms. The highest BCUT2D eigenvalue weighted by Crippen LogP contribution is 2.22. The molecular weight excluding hydrogens is 498 g/mol. The Morgan fingerprint density at radius 3 is 1.87 bits per heavy atom. The van der Waals surface area contributed by atoms with Crippen molar-refractivity contribution < 1.29 is 23.4 Å². The van der Waals surface area contributed by atoms with E-state index >= 15 is 0 Å². The Morgan fingerprint density at radius 2 is 1.26 bits per heavy atom.